The van der Waals surface area contributed by atoms with Crippen molar-refractivity contribution in [3.63, 3.8) is 0 Å². The highest BCUT2D eigenvalue weighted by Gasteiger charge is 2.33. The second-order valence-electron chi connectivity index (χ2n) is 5.57. The van der Waals surface area contributed by atoms with Crippen molar-refractivity contribution in [1.29, 1.82) is 5.26 Å². The van der Waals surface area contributed by atoms with Gasteiger partial charge in [-0.2, -0.15) is 5.26 Å². The van der Waals surface area contributed by atoms with E-state index in [-0.39, 0.29) is 12.1 Å². The zero-order valence-electron chi connectivity index (χ0n) is 11.9. The van der Waals surface area contributed by atoms with Crippen LogP contribution < -0.4 is 0 Å². The number of aliphatic hydroxyl groups excluding tert-OH is 2. The Bertz CT molecular complexity index is 481. The Morgan fingerprint density at radius 1 is 1.35 bits per heavy atom. The van der Waals surface area contributed by atoms with Gasteiger partial charge in [0.15, 0.2) is 0 Å². The van der Waals surface area contributed by atoms with Crippen LogP contribution in [0.3, 0.4) is 0 Å². The van der Waals surface area contributed by atoms with Crippen LogP contribution in [0.15, 0.2) is 24.3 Å². The van der Waals surface area contributed by atoms with E-state index in [1.807, 2.05) is 19.0 Å². The molecule has 0 spiro atoms. The van der Waals surface area contributed by atoms with Crippen LogP contribution in [0, 0.1) is 11.3 Å². The second-order valence-corrected chi connectivity index (χ2v) is 5.57. The van der Waals surface area contributed by atoms with Gasteiger partial charge < -0.3 is 15.1 Å². The summed E-state index contributed by atoms with van der Waals surface area (Å²) < 4.78 is 0. The monoisotopic (exact) mass is 275 g/mol. The predicted molar refractivity (Wildman–Crippen MR) is 76.0 cm³/mol. The molecule has 0 aliphatic carbocycles. The lowest BCUT2D eigenvalue weighted by Crippen LogP contribution is -2.38. The van der Waals surface area contributed by atoms with E-state index in [2.05, 4.69) is 11.0 Å². The van der Waals surface area contributed by atoms with E-state index in [1.54, 1.807) is 24.3 Å². The Balaban J connectivity index is 1.95. The van der Waals surface area contributed by atoms with Crippen LogP contribution in [0.4, 0.5) is 0 Å². The number of likely N-dealkylation sites (tertiary alicyclic amines) is 1. The summed E-state index contributed by atoms with van der Waals surface area (Å²) in [7, 11) is 3.91. The maximum Gasteiger partial charge on any atom is 0.0991 e. The minimum atomic E-state index is -0.601. The zero-order valence-corrected chi connectivity index (χ0v) is 11.9. The summed E-state index contributed by atoms with van der Waals surface area (Å²) in [6, 6.07) is 9.14. The molecule has 0 amide bonds. The number of rotatable bonds is 4. The SMILES string of the molecule is CN(C)[C@@H]1CN(CC(O)c2ccc(C#N)cc2)C[C@H]1O. The third-order valence-corrected chi connectivity index (χ3v) is 3.85. The van der Waals surface area contributed by atoms with E-state index in [0.717, 1.165) is 12.1 Å². The Kier molecular flexibility index (Phi) is 4.73. The number of nitriles is 1. The first-order valence-corrected chi connectivity index (χ1v) is 6.76. The first kappa shape index (κ1) is 14.9. The molecule has 0 bridgehead atoms. The van der Waals surface area contributed by atoms with Gasteiger partial charge in [0.2, 0.25) is 0 Å². The Labute approximate surface area is 119 Å². The van der Waals surface area contributed by atoms with E-state index in [1.165, 1.54) is 0 Å². The summed E-state index contributed by atoms with van der Waals surface area (Å²) in [5.41, 5.74) is 1.39. The van der Waals surface area contributed by atoms with Gasteiger partial charge in [0.05, 0.1) is 23.8 Å². The molecule has 1 aromatic carbocycles. The minimum Gasteiger partial charge on any atom is -0.390 e. The van der Waals surface area contributed by atoms with Gasteiger partial charge in [0, 0.05) is 25.7 Å². The molecule has 5 nitrogen and oxygen atoms in total. The molecule has 2 N–H and O–H groups in total. The van der Waals surface area contributed by atoms with Crippen molar-refractivity contribution in [2.24, 2.45) is 0 Å². The quantitative estimate of drug-likeness (QED) is 0.821. The average molecular weight is 275 g/mol. The summed E-state index contributed by atoms with van der Waals surface area (Å²) in [5, 5.41) is 29.0. The van der Waals surface area contributed by atoms with E-state index in [0.29, 0.717) is 18.7 Å². The average Bonchev–Trinajstić information content (AvgIpc) is 2.79. The van der Waals surface area contributed by atoms with Gasteiger partial charge in [-0.15, -0.1) is 0 Å². The zero-order chi connectivity index (χ0) is 14.7. The summed E-state index contributed by atoms with van der Waals surface area (Å²) >= 11 is 0. The normalized spacial score (nSPS) is 24.8. The molecule has 2 rings (SSSR count). The lowest BCUT2D eigenvalue weighted by atomic mass is 10.1. The standard InChI is InChI=1S/C15H21N3O2/c1-17(2)13-8-18(10-15(13)20)9-14(19)12-5-3-11(7-16)4-6-12/h3-6,13-15,19-20H,8-10H2,1-2H3/t13-,14?,15-/m1/s1. The first-order chi connectivity index (χ1) is 9.51. The number of likely N-dealkylation sites (N-methyl/N-ethyl adjacent to an activating group) is 1. The second kappa shape index (κ2) is 6.33. The number of nitrogens with zero attached hydrogens (tertiary/aromatic N) is 3. The smallest absolute Gasteiger partial charge is 0.0991 e. The Hall–Kier alpha value is -1.45. The fourth-order valence-corrected chi connectivity index (χ4v) is 2.63. The van der Waals surface area contributed by atoms with E-state index >= 15 is 0 Å². The number of hydrogen-bond acceptors (Lipinski definition) is 5. The summed E-state index contributed by atoms with van der Waals surface area (Å²) in [5.74, 6) is 0. The van der Waals surface area contributed by atoms with E-state index < -0.39 is 6.10 Å². The number of aliphatic hydroxyl groups is 2. The number of benzene rings is 1. The molecule has 1 unspecified atom stereocenters. The lowest BCUT2D eigenvalue weighted by Gasteiger charge is -2.22. The van der Waals surface area contributed by atoms with Gasteiger partial charge in [0.25, 0.3) is 0 Å². The maximum atomic E-state index is 10.2. The van der Waals surface area contributed by atoms with Crippen LogP contribution >= 0.6 is 0 Å². The topological polar surface area (TPSA) is 70.7 Å². The minimum absolute atomic E-state index is 0.114. The Morgan fingerprint density at radius 3 is 2.50 bits per heavy atom. The predicted octanol–water partition coefficient (Wildman–Crippen LogP) is 0.198. The molecule has 1 aliphatic rings. The molecule has 1 heterocycles. The fourth-order valence-electron chi connectivity index (χ4n) is 2.63. The van der Waals surface area contributed by atoms with Crippen LogP contribution in [0.2, 0.25) is 0 Å². The van der Waals surface area contributed by atoms with Gasteiger partial charge >= 0.3 is 0 Å². The summed E-state index contributed by atoms with van der Waals surface area (Å²) in [6.45, 7) is 1.82. The van der Waals surface area contributed by atoms with Crippen molar-refractivity contribution in [3.8, 4) is 6.07 Å². The highest BCUT2D eigenvalue weighted by Crippen LogP contribution is 2.20. The van der Waals surface area contributed by atoms with Crippen LogP contribution in [0.1, 0.15) is 17.2 Å². The molecule has 0 saturated carbocycles. The van der Waals surface area contributed by atoms with Gasteiger partial charge in [0.1, 0.15) is 0 Å². The highest BCUT2D eigenvalue weighted by atomic mass is 16.3. The van der Waals surface area contributed by atoms with E-state index in [4.69, 9.17) is 5.26 Å². The molecule has 5 heteroatoms. The maximum absolute atomic E-state index is 10.2. The van der Waals surface area contributed by atoms with E-state index in [9.17, 15) is 10.2 Å². The summed E-state index contributed by atoms with van der Waals surface area (Å²) in [4.78, 5) is 4.08. The van der Waals surface area contributed by atoms with Gasteiger partial charge in [-0.05, 0) is 31.8 Å². The lowest BCUT2D eigenvalue weighted by molar-refractivity contribution is 0.105. The van der Waals surface area contributed by atoms with Crippen molar-refractivity contribution in [3.05, 3.63) is 35.4 Å². The molecule has 108 valence electrons. The van der Waals surface area contributed by atoms with Gasteiger partial charge in [-0.1, -0.05) is 12.1 Å². The van der Waals surface area contributed by atoms with Crippen molar-refractivity contribution in [1.82, 2.24) is 9.80 Å². The molecule has 0 aromatic heterocycles. The summed E-state index contributed by atoms with van der Waals surface area (Å²) in [6.07, 6.45) is -0.978. The molecule has 0 radical (unpaired) electrons. The largest absolute Gasteiger partial charge is 0.390 e. The van der Waals surface area contributed by atoms with Gasteiger partial charge in [-0.25, -0.2) is 0 Å². The van der Waals surface area contributed by atoms with Crippen molar-refractivity contribution >= 4 is 0 Å². The molecular weight excluding hydrogens is 254 g/mol. The van der Waals surface area contributed by atoms with Crippen LogP contribution in [0.25, 0.3) is 0 Å². The van der Waals surface area contributed by atoms with Crippen LogP contribution in [-0.4, -0.2) is 65.9 Å². The molecular formula is C15H21N3O2. The van der Waals surface area contributed by atoms with Crippen molar-refractivity contribution in [2.45, 2.75) is 18.2 Å². The van der Waals surface area contributed by atoms with Crippen LogP contribution in [-0.2, 0) is 0 Å². The molecule has 1 aliphatic heterocycles. The fraction of sp³-hybridized carbons (Fsp3) is 0.533. The van der Waals surface area contributed by atoms with Crippen molar-refractivity contribution in [2.75, 3.05) is 33.7 Å². The van der Waals surface area contributed by atoms with Crippen molar-refractivity contribution < 1.29 is 10.2 Å². The molecule has 20 heavy (non-hydrogen) atoms. The third kappa shape index (κ3) is 3.35. The molecule has 1 aromatic rings. The molecule has 1 fully saturated rings. The molecule has 1 saturated heterocycles. The number of β-amino-alcohol motifs (C(OH)–C–C–N with tert-alkyl or cyclic N) is 2. The van der Waals surface area contributed by atoms with Crippen LogP contribution in [0.5, 0.6) is 0 Å². The van der Waals surface area contributed by atoms with Gasteiger partial charge in [-0.3, -0.25) is 4.90 Å². The molecule has 3 atom stereocenters. The highest BCUT2D eigenvalue weighted by molar-refractivity contribution is 5.32. The first-order valence-electron chi connectivity index (χ1n) is 6.76. The Morgan fingerprint density at radius 2 is 2.00 bits per heavy atom. The number of hydrogen-bond donors (Lipinski definition) is 2. The third-order valence-electron chi connectivity index (χ3n) is 3.85.